The molecular weight excluding hydrogens is 118 g/mol. The standard InChI is InChI=1S/C6H9NO2/c1-4-2-3-7-6(9)5(4)8/h8H,2-3H2,1H3,(H,7,9). The van der Waals surface area contributed by atoms with Crippen molar-refractivity contribution in [1.82, 2.24) is 5.32 Å². The van der Waals surface area contributed by atoms with Gasteiger partial charge in [0.1, 0.15) is 0 Å². The molecule has 0 aromatic heterocycles. The summed E-state index contributed by atoms with van der Waals surface area (Å²) in [6.45, 7) is 2.41. The van der Waals surface area contributed by atoms with Gasteiger partial charge in [0.15, 0.2) is 5.76 Å². The zero-order chi connectivity index (χ0) is 6.85. The van der Waals surface area contributed by atoms with E-state index in [4.69, 9.17) is 5.11 Å². The summed E-state index contributed by atoms with van der Waals surface area (Å²) in [6.07, 6.45) is 0.761. The van der Waals surface area contributed by atoms with Gasteiger partial charge >= 0.3 is 0 Å². The highest BCUT2D eigenvalue weighted by Gasteiger charge is 2.14. The number of hydrogen-bond acceptors (Lipinski definition) is 2. The number of amides is 1. The smallest absolute Gasteiger partial charge is 0.286 e. The predicted molar refractivity (Wildman–Crippen MR) is 33.0 cm³/mol. The average Bonchev–Trinajstić information content (AvgIpc) is 1.83. The summed E-state index contributed by atoms with van der Waals surface area (Å²) in [5.74, 6) is -0.458. The minimum Gasteiger partial charge on any atom is -0.503 e. The van der Waals surface area contributed by atoms with Crippen LogP contribution >= 0.6 is 0 Å². The van der Waals surface area contributed by atoms with E-state index in [1.54, 1.807) is 6.92 Å². The lowest BCUT2D eigenvalue weighted by atomic mass is 10.1. The lowest BCUT2D eigenvalue weighted by Crippen LogP contribution is -2.30. The summed E-state index contributed by atoms with van der Waals surface area (Å²) in [7, 11) is 0. The zero-order valence-corrected chi connectivity index (χ0v) is 5.27. The SMILES string of the molecule is CC1=C(O)C(=O)NCC1. The lowest BCUT2D eigenvalue weighted by molar-refractivity contribution is -0.120. The molecule has 1 rings (SSSR count). The fraction of sp³-hybridized carbons (Fsp3) is 0.500. The molecule has 0 unspecified atom stereocenters. The van der Waals surface area contributed by atoms with Crippen LogP contribution in [0.15, 0.2) is 11.3 Å². The molecule has 1 aliphatic rings. The number of rotatable bonds is 0. The second kappa shape index (κ2) is 2.09. The van der Waals surface area contributed by atoms with Gasteiger partial charge in [-0.1, -0.05) is 0 Å². The molecule has 2 N–H and O–H groups in total. The fourth-order valence-electron chi connectivity index (χ4n) is 0.759. The van der Waals surface area contributed by atoms with Crippen molar-refractivity contribution in [3.63, 3.8) is 0 Å². The maximum atomic E-state index is 10.6. The zero-order valence-electron chi connectivity index (χ0n) is 5.27. The van der Waals surface area contributed by atoms with E-state index in [2.05, 4.69) is 5.32 Å². The van der Waals surface area contributed by atoms with Crippen LogP contribution in [0.2, 0.25) is 0 Å². The van der Waals surface area contributed by atoms with E-state index in [0.29, 0.717) is 6.54 Å². The third-order valence-corrected chi connectivity index (χ3v) is 1.40. The van der Waals surface area contributed by atoms with Crippen LogP contribution in [0.3, 0.4) is 0 Å². The second-order valence-corrected chi connectivity index (χ2v) is 2.13. The highest BCUT2D eigenvalue weighted by Crippen LogP contribution is 2.08. The van der Waals surface area contributed by atoms with Crippen LogP contribution in [0.4, 0.5) is 0 Å². The summed E-state index contributed by atoms with van der Waals surface area (Å²) in [6, 6.07) is 0. The monoisotopic (exact) mass is 127 g/mol. The Kier molecular flexibility index (Phi) is 1.42. The van der Waals surface area contributed by atoms with Gasteiger partial charge in [0.25, 0.3) is 5.91 Å². The van der Waals surface area contributed by atoms with Gasteiger partial charge in [-0.25, -0.2) is 0 Å². The van der Waals surface area contributed by atoms with Gasteiger partial charge in [-0.2, -0.15) is 0 Å². The van der Waals surface area contributed by atoms with Gasteiger partial charge in [-0.3, -0.25) is 4.79 Å². The maximum Gasteiger partial charge on any atom is 0.286 e. The number of carbonyl (C=O) groups excluding carboxylic acids is 1. The summed E-state index contributed by atoms with van der Waals surface area (Å²) in [5, 5.41) is 11.4. The van der Waals surface area contributed by atoms with Crippen molar-refractivity contribution in [2.45, 2.75) is 13.3 Å². The van der Waals surface area contributed by atoms with Crippen molar-refractivity contribution in [2.24, 2.45) is 0 Å². The molecule has 1 amide bonds. The van der Waals surface area contributed by atoms with Crippen LogP contribution in [0.1, 0.15) is 13.3 Å². The molecule has 1 heterocycles. The van der Waals surface area contributed by atoms with E-state index in [1.807, 2.05) is 0 Å². The van der Waals surface area contributed by atoms with Gasteiger partial charge in [-0.15, -0.1) is 0 Å². The Hall–Kier alpha value is -0.990. The van der Waals surface area contributed by atoms with Crippen molar-refractivity contribution in [2.75, 3.05) is 6.54 Å². The first-order chi connectivity index (χ1) is 4.22. The normalized spacial score (nSPS) is 19.9. The Bertz CT molecular complexity index is 172. The topological polar surface area (TPSA) is 49.3 Å². The number of carbonyl (C=O) groups is 1. The van der Waals surface area contributed by atoms with Crippen molar-refractivity contribution in [3.05, 3.63) is 11.3 Å². The lowest BCUT2D eigenvalue weighted by Gasteiger charge is -2.12. The summed E-state index contributed by atoms with van der Waals surface area (Å²) in [4.78, 5) is 10.6. The van der Waals surface area contributed by atoms with Crippen molar-refractivity contribution < 1.29 is 9.90 Å². The van der Waals surface area contributed by atoms with Crippen molar-refractivity contribution >= 4 is 5.91 Å². The quantitative estimate of drug-likeness (QED) is 0.493. The second-order valence-electron chi connectivity index (χ2n) is 2.13. The van der Waals surface area contributed by atoms with E-state index >= 15 is 0 Å². The fourth-order valence-corrected chi connectivity index (χ4v) is 0.759. The molecule has 0 atom stereocenters. The van der Waals surface area contributed by atoms with E-state index < -0.39 is 0 Å². The Labute approximate surface area is 53.4 Å². The van der Waals surface area contributed by atoms with Crippen LogP contribution in [-0.2, 0) is 4.79 Å². The number of hydrogen-bond donors (Lipinski definition) is 2. The molecule has 0 aliphatic carbocycles. The van der Waals surface area contributed by atoms with Gasteiger partial charge in [0.05, 0.1) is 0 Å². The highest BCUT2D eigenvalue weighted by molar-refractivity contribution is 5.92. The highest BCUT2D eigenvalue weighted by atomic mass is 16.3. The molecule has 0 aromatic carbocycles. The summed E-state index contributed by atoms with van der Waals surface area (Å²) >= 11 is 0. The first-order valence-corrected chi connectivity index (χ1v) is 2.88. The molecular formula is C6H9NO2. The molecule has 0 aromatic rings. The molecule has 9 heavy (non-hydrogen) atoms. The molecule has 0 saturated carbocycles. The average molecular weight is 127 g/mol. The van der Waals surface area contributed by atoms with Crippen LogP contribution in [0, 0.1) is 0 Å². The molecule has 0 spiro atoms. The van der Waals surface area contributed by atoms with Crippen LogP contribution in [0.25, 0.3) is 0 Å². The summed E-state index contributed by atoms with van der Waals surface area (Å²) < 4.78 is 0. The van der Waals surface area contributed by atoms with Crippen molar-refractivity contribution in [1.29, 1.82) is 0 Å². The number of aliphatic hydroxyl groups excluding tert-OH is 1. The largest absolute Gasteiger partial charge is 0.503 e. The predicted octanol–water partition coefficient (Wildman–Crippen LogP) is 0.338. The van der Waals surface area contributed by atoms with Crippen LogP contribution in [0.5, 0.6) is 0 Å². The molecule has 1 aliphatic heterocycles. The van der Waals surface area contributed by atoms with Crippen molar-refractivity contribution in [3.8, 4) is 0 Å². The molecule has 0 bridgehead atoms. The maximum absolute atomic E-state index is 10.6. The van der Waals surface area contributed by atoms with Gasteiger partial charge in [-0.05, 0) is 18.9 Å². The first-order valence-electron chi connectivity index (χ1n) is 2.88. The van der Waals surface area contributed by atoms with Gasteiger partial charge in [0, 0.05) is 6.54 Å². The Balaban J connectivity index is 2.84. The molecule has 0 saturated heterocycles. The molecule has 0 fully saturated rings. The Morgan fingerprint density at radius 3 is 2.78 bits per heavy atom. The van der Waals surface area contributed by atoms with E-state index in [1.165, 1.54) is 0 Å². The first kappa shape index (κ1) is 6.13. The third-order valence-electron chi connectivity index (χ3n) is 1.40. The summed E-state index contributed by atoms with van der Waals surface area (Å²) in [5.41, 5.74) is 0.777. The number of aliphatic hydroxyl groups is 1. The molecule has 0 radical (unpaired) electrons. The third kappa shape index (κ3) is 1.04. The van der Waals surface area contributed by atoms with Gasteiger partial charge in [0.2, 0.25) is 0 Å². The number of nitrogens with one attached hydrogen (secondary N) is 1. The van der Waals surface area contributed by atoms with Crippen LogP contribution < -0.4 is 5.32 Å². The van der Waals surface area contributed by atoms with E-state index in [0.717, 1.165) is 12.0 Å². The van der Waals surface area contributed by atoms with E-state index in [-0.39, 0.29) is 11.7 Å². The van der Waals surface area contributed by atoms with Crippen LogP contribution in [-0.4, -0.2) is 17.6 Å². The molecule has 3 nitrogen and oxygen atoms in total. The molecule has 3 heteroatoms. The minimum atomic E-state index is -0.348. The molecule has 50 valence electrons. The Morgan fingerprint density at radius 2 is 2.33 bits per heavy atom. The minimum absolute atomic E-state index is 0.110. The van der Waals surface area contributed by atoms with E-state index in [9.17, 15) is 4.79 Å². The Morgan fingerprint density at radius 1 is 1.67 bits per heavy atom. The van der Waals surface area contributed by atoms with Gasteiger partial charge < -0.3 is 10.4 Å².